The third kappa shape index (κ3) is 7.96. The van der Waals surface area contributed by atoms with Crippen LogP contribution < -0.4 is 5.32 Å². The molecule has 1 N–H and O–H groups in total. The maximum Gasteiger partial charge on any atom is 0.328 e. The van der Waals surface area contributed by atoms with Crippen LogP contribution in [0.4, 0.5) is 0 Å². The Morgan fingerprint density at radius 3 is 2.57 bits per heavy atom. The van der Waals surface area contributed by atoms with E-state index in [1.807, 2.05) is 0 Å². The number of nitrogens with one attached hydrogen (secondary N) is 1. The van der Waals surface area contributed by atoms with Gasteiger partial charge in [-0.3, -0.25) is 9.59 Å². The Hall–Kier alpha value is -2.05. The standard InChI is InChI=1S/C13H21N3O5/c1-8(2)21-13(19)11(6-5-10(17)7-15-14)16-12(18)9(3)20-4/h7-9,11H,5-6H2,1-4H3,(H,16,18)/t9-,11-/m0/s1/i4D3. The number of nitrogens with zero attached hydrogens (tertiary/aromatic N) is 2. The van der Waals surface area contributed by atoms with Crippen molar-refractivity contribution in [3.63, 3.8) is 0 Å². The first-order valence-corrected chi connectivity index (χ1v) is 6.35. The van der Waals surface area contributed by atoms with Crippen LogP contribution in [0, 0.1) is 0 Å². The molecule has 0 rings (SSSR count). The molecule has 0 aliphatic carbocycles. The number of ketones is 1. The van der Waals surface area contributed by atoms with Gasteiger partial charge in [0.05, 0.1) is 10.2 Å². The third-order valence-electron chi connectivity index (χ3n) is 2.38. The van der Waals surface area contributed by atoms with E-state index in [0.717, 1.165) is 0 Å². The molecule has 8 heteroatoms. The normalized spacial score (nSPS) is 15.7. The molecule has 0 spiro atoms. The van der Waals surface area contributed by atoms with Gasteiger partial charge in [-0.25, -0.2) is 4.79 Å². The molecule has 0 aliphatic heterocycles. The summed E-state index contributed by atoms with van der Waals surface area (Å²) in [6, 6.07) is -1.17. The Bertz CT molecular complexity index is 515. The average Bonchev–Trinajstić information content (AvgIpc) is 2.40. The summed E-state index contributed by atoms with van der Waals surface area (Å²) in [5, 5.41) is 2.29. The quantitative estimate of drug-likeness (QED) is 0.280. The molecule has 0 radical (unpaired) electrons. The van der Waals surface area contributed by atoms with Gasteiger partial charge in [-0.05, 0) is 27.2 Å². The molecule has 0 bridgehead atoms. The Kier molecular flexibility index (Phi) is 6.49. The zero-order chi connectivity index (χ0) is 18.9. The van der Waals surface area contributed by atoms with Gasteiger partial charge in [-0.2, -0.15) is 4.79 Å². The molecule has 2 atom stereocenters. The number of methoxy groups -OCH3 is 1. The van der Waals surface area contributed by atoms with Crippen LogP contribution in [0.25, 0.3) is 5.53 Å². The van der Waals surface area contributed by atoms with Crippen LogP contribution >= 0.6 is 0 Å². The van der Waals surface area contributed by atoms with Crippen LogP contribution in [-0.2, 0) is 23.9 Å². The summed E-state index contributed by atoms with van der Waals surface area (Å²) in [6.07, 6.45) is -1.39. The lowest BCUT2D eigenvalue weighted by molar-refractivity contribution is -0.152. The number of hydrogen-bond acceptors (Lipinski definition) is 5. The van der Waals surface area contributed by atoms with Crippen LogP contribution in [0.2, 0.25) is 0 Å². The van der Waals surface area contributed by atoms with E-state index in [2.05, 4.69) is 14.8 Å². The van der Waals surface area contributed by atoms with Gasteiger partial charge >= 0.3 is 12.2 Å². The van der Waals surface area contributed by atoms with Crippen LogP contribution in [0.3, 0.4) is 0 Å². The van der Waals surface area contributed by atoms with Gasteiger partial charge in [0.25, 0.3) is 0 Å². The molecule has 118 valence electrons. The van der Waals surface area contributed by atoms with Crippen molar-refractivity contribution >= 4 is 23.9 Å². The lowest BCUT2D eigenvalue weighted by atomic mass is 10.1. The summed E-state index contributed by atoms with van der Waals surface area (Å²) < 4.78 is 30.4. The van der Waals surface area contributed by atoms with Crippen LogP contribution in [0.15, 0.2) is 0 Å². The maximum absolute atomic E-state index is 12.0. The molecule has 0 saturated heterocycles. The van der Waals surface area contributed by atoms with Crippen LogP contribution in [0.5, 0.6) is 0 Å². The Morgan fingerprint density at radius 1 is 1.38 bits per heavy atom. The van der Waals surface area contributed by atoms with Crippen molar-refractivity contribution in [2.24, 2.45) is 0 Å². The topological polar surface area (TPSA) is 118 Å². The molecule has 0 unspecified atom stereocenters. The van der Waals surface area contributed by atoms with E-state index in [-0.39, 0.29) is 12.8 Å². The second-order valence-electron chi connectivity index (χ2n) is 4.56. The lowest BCUT2D eigenvalue weighted by Gasteiger charge is -2.20. The largest absolute Gasteiger partial charge is 0.461 e. The van der Waals surface area contributed by atoms with E-state index in [0.29, 0.717) is 6.21 Å². The molecule has 21 heavy (non-hydrogen) atoms. The number of esters is 1. The molecule has 1 amide bonds. The second-order valence-corrected chi connectivity index (χ2v) is 4.56. The minimum Gasteiger partial charge on any atom is -0.461 e. The molecule has 0 aliphatic rings. The molecule has 0 fully saturated rings. The molecule has 0 aromatic rings. The Morgan fingerprint density at radius 2 is 2.05 bits per heavy atom. The van der Waals surface area contributed by atoms with Gasteiger partial charge < -0.3 is 20.3 Å². The minimum absolute atomic E-state index is 0.108. The highest BCUT2D eigenvalue weighted by Crippen LogP contribution is 2.04. The summed E-state index contributed by atoms with van der Waals surface area (Å²) in [5.74, 6) is -2.16. The van der Waals surface area contributed by atoms with Crippen molar-refractivity contribution in [1.29, 1.82) is 0 Å². The Labute approximate surface area is 127 Å². The fourth-order valence-electron chi connectivity index (χ4n) is 1.32. The first-order valence-electron chi connectivity index (χ1n) is 7.85. The van der Waals surface area contributed by atoms with Crippen molar-refractivity contribution in [2.45, 2.75) is 51.9 Å². The maximum atomic E-state index is 12.0. The minimum atomic E-state index is -2.77. The smallest absolute Gasteiger partial charge is 0.328 e. The first kappa shape index (κ1) is 13.9. The number of carbonyl (C=O) groups is 3. The van der Waals surface area contributed by atoms with Crippen molar-refractivity contribution < 1.29 is 32.8 Å². The zero-order valence-electron chi connectivity index (χ0n) is 15.2. The Balaban J connectivity index is 4.91. The third-order valence-corrected chi connectivity index (χ3v) is 2.38. The number of Topliss-reactive ketones (excluding diaryl/α,β-unsaturated/α-hetero) is 1. The number of carbonyl (C=O) groups excluding carboxylic acids is 3. The van der Waals surface area contributed by atoms with Gasteiger partial charge in [0, 0.05) is 13.5 Å². The molecule has 0 heterocycles. The summed E-state index contributed by atoms with van der Waals surface area (Å²) in [4.78, 5) is 37.8. The summed E-state index contributed by atoms with van der Waals surface area (Å²) >= 11 is 0. The first-order chi connectivity index (χ1) is 11.0. The van der Waals surface area contributed by atoms with Gasteiger partial charge in [-0.1, -0.05) is 0 Å². The van der Waals surface area contributed by atoms with Gasteiger partial charge in [0.1, 0.15) is 12.1 Å². The van der Waals surface area contributed by atoms with Crippen LogP contribution in [0.1, 0.15) is 37.7 Å². The number of amides is 1. The molecule has 0 aromatic carbocycles. The van der Waals surface area contributed by atoms with E-state index >= 15 is 0 Å². The molecular weight excluding hydrogens is 278 g/mol. The average molecular weight is 302 g/mol. The monoisotopic (exact) mass is 302 g/mol. The highest BCUT2D eigenvalue weighted by atomic mass is 16.5. The highest BCUT2D eigenvalue weighted by molar-refractivity contribution is 6.25. The zero-order valence-corrected chi connectivity index (χ0v) is 12.2. The fourth-order valence-corrected chi connectivity index (χ4v) is 1.32. The highest BCUT2D eigenvalue weighted by Gasteiger charge is 2.26. The summed E-state index contributed by atoms with van der Waals surface area (Å²) in [7, 11) is -2.77. The fraction of sp³-hybridized carbons (Fsp3) is 0.692. The second kappa shape index (κ2) is 9.79. The van der Waals surface area contributed by atoms with Crippen LogP contribution in [-0.4, -0.2) is 54.0 Å². The van der Waals surface area contributed by atoms with E-state index in [4.69, 9.17) is 14.4 Å². The van der Waals surface area contributed by atoms with E-state index in [1.54, 1.807) is 13.8 Å². The van der Waals surface area contributed by atoms with Crippen molar-refractivity contribution in [3.05, 3.63) is 5.53 Å². The molecule has 0 aromatic heterocycles. The predicted octanol–water partition coefficient (Wildman–Crippen LogP) is 0.108. The molecule has 8 nitrogen and oxygen atoms in total. The number of ether oxygens (including phenoxy) is 2. The van der Waals surface area contributed by atoms with E-state index in [1.165, 1.54) is 6.92 Å². The summed E-state index contributed by atoms with van der Waals surface area (Å²) in [6.45, 7) is 4.44. The summed E-state index contributed by atoms with van der Waals surface area (Å²) in [5.41, 5.74) is 8.27. The van der Waals surface area contributed by atoms with Gasteiger partial charge in [0.2, 0.25) is 11.7 Å². The van der Waals surface area contributed by atoms with Crippen molar-refractivity contribution in [3.8, 4) is 0 Å². The molecular formula is C13H21N3O5. The number of hydrogen-bond donors (Lipinski definition) is 1. The van der Waals surface area contributed by atoms with Crippen molar-refractivity contribution in [2.75, 3.05) is 7.04 Å². The van der Waals surface area contributed by atoms with Gasteiger partial charge in [0.15, 0.2) is 0 Å². The molecule has 0 saturated carbocycles. The predicted molar refractivity (Wildman–Crippen MR) is 73.6 cm³/mol. The van der Waals surface area contributed by atoms with E-state index in [9.17, 15) is 14.4 Å². The van der Waals surface area contributed by atoms with Gasteiger partial charge in [-0.15, -0.1) is 0 Å². The SMILES string of the molecule is [2H]C([2H])([2H])O[C@@H](C)C(=O)N[C@@H](CCC(=O)C=[N+]=[N-])C(=O)OC(C)C. The lowest BCUT2D eigenvalue weighted by Crippen LogP contribution is -2.46. The van der Waals surface area contributed by atoms with Crippen molar-refractivity contribution in [1.82, 2.24) is 5.32 Å². The van der Waals surface area contributed by atoms with E-state index < -0.39 is 42.9 Å². The number of rotatable bonds is 9.